The molecular formula is C22H30N2O2. The Balaban J connectivity index is 1.48. The standard InChI is InChI=1S/C22H30N2O2/c1-15(2)12-16(3)23-13-18(25)14-26-24-22-11-10-20-19-7-5-4-6-17(19)8-9-21(20)22/h4-9,11,15-16,18,23-25H,10,12-14H2,1-3H3. The first-order valence-electron chi connectivity index (χ1n) is 9.55. The third-order valence-electron chi connectivity index (χ3n) is 4.83. The Morgan fingerprint density at radius 3 is 2.73 bits per heavy atom. The van der Waals surface area contributed by atoms with Gasteiger partial charge in [-0.2, -0.15) is 0 Å². The van der Waals surface area contributed by atoms with Gasteiger partial charge in [0.1, 0.15) is 6.61 Å². The summed E-state index contributed by atoms with van der Waals surface area (Å²) in [5, 5.41) is 16.0. The topological polar surface area (TPSA) is 53.5 Å². The molecule has 0 aliphatic heterocycles. The van der Waals surface area contributed by atoms with E-state index in [0.717, 1.165) is 18.5 Å². The maximum atomic E-state index is 10.1. The number of nitrogens with one attached hydrogen (secondary N) is 2. The number of benzene rings is 2. The second-order valence-electron chi connectivity index (χ2n) is 7.64. The molecule has 3 N–H and O–H groups in total. The van der Waals surface area contributed by atoms with Gasteiger partial charge in [0.2, 0.25) is 0 Å². The third kappa shape index (κ3) is 4.64. The van der Waals surface area contributed by atoms with E-state index in [-0.39, 0.29) is 6.61 Å². The van der Waals surface area contributed by atoms with Crippen LogP contribution >= 0.6 is 0 Å². The second-order valence-corrected chi connectivity index (χ2v) is 7.64. The van der Waals surface area contributed by atoms with Gasteiger partial charge in [-0.15, -0.1) is 0 Å². The zero-order valence-corrected chi connectivity index (χ0v) is 16.0. The van der Waals surface area contributed by atoms with Gasteiger partial charge in [-0.25, -0.2) is 0 Å². The van der Waals surface area contributed by atoms with E-state index in [1.54, 1.807) is 0 Å². The van der Waals surface area contributed by atoms with Crippen LogP contribution < -0.4 is 10.8 Å². The summed E-state index contributed by atoms with van der Waals surface area (Å²) in [6, 6.07) is 13.1. The van der Waals surface area contributed by atoms with Crippen molar-refractivity contribution in [1.82, 2.24) is 10.8 Å². The summed E-state index contributed by atoms with van der Waals surface area (Å²) in [5.74, 6) is 0.651. The number of hydrogen-bond acceptors (Lipinski definition) is 4. The maximum absolute atomic E-state index is 10.1. The molecule has 0 aromatic heterocycles. The van der Waals surface area contributed by atoms with Gasteiger partial charge in [0, 0.05) is 18.2 Å². The van der Waals surface area contributed by atoms with Crippen LogP contribution in [0.1, 0.15) is 38.3 Å². The van der Waals surface area contributed by atoms with Crippen molar-refractivity contribution in [3.63, 3.8) is 0 Å². The Labute approximate surface area is 156 Å². The molecule has 4 nitrogen and oxygen atoms in total. The molecule has 2 atom stereocenters. The summed E-state index contributed by atoms with van der Waals surface area (Å²) in [6.07, 6.45) is 3.62. The molecule has 0 heterocycles. The van der Waals surface area contributed by atoms with Crippen LogP contribution in [0.5, 0.6) is 0 Å². The molecule has 0 amide bonds. The summed E-state index contributed by atoms with van der Waals surface area (Å²) in [4.78, 5) is 5.55. The van der Waals surface area contributed by atoms with Crippen molar-refractivity contribution >= 4 is 16.5 Å². The van der Waals surface area contributed by atoms with Crippen molar-refractivity contribution in [3.8, 4) is 0 Å². The molecule has 2 unspecified atom stereocenters. The number of rotatable bonds is 9. The highest BCUT2D eigenvalue weighted by Crippen LogP contribution is 2.31. The van der Waals surface area contributed by atoms with E-state index >= 15 is 0 Å². The van der Waals surface area contributed by atoms with Gasteiger partial charge in [0.25, 0.3) is 0 Å². The Morgan fingerprint density at radius 2 is 1.92 bits per heavy atom. The molecule has 0 saturated heterocycles. The number of fused-ring (bicyclic) bond motifs is 3. The van der Waals surface area contributed by atoms with Crippen molar-refractivity contribution in [2.24, 2.45) is 5.92 Å². The Bertz CT molecular complexity index is 770. The van der Waals surface area contributed by atoms with Crippen LogP contribution in [0.2, 0.25) is 0 Å². The fraction of sp³-hybridized carbons (Fsp3) is 0.455. The summed E-state index contributed by atoms with van der Waals surface area (Å²) in [5.41, 5.74) is 6.53. The quantitative estimate of drug-likeness (QED) is 0.602. The van der Waals surface area contributed by atoms with Crippen molar-refractivity contribution in [2.75, 3.05) is 13.2 Å². The lowest BCUT2D eigenvalue weighted by Gasteiger charge is -2.19. The lowest BCUT2D eigenvalue weighted by atomic mass is 10.00. The molecule has 2 aromatic rings. The Hall–Kier alpha value is -1.88. The van der Waals surface area contributed by atoms with Crippen LogP contribution in [0.3, 0.4) is 0 Å². The average Bonchev–Trinajstić information content (AvgIpc) is 3.03. The van der Waals surface area contributed by atoms with E-state index in [0.29, 0.717) is 18.5 Å². The number of aliphatic hydroxyl groups is 1. The van der Waals surface area contributed by atoms with Gasteiger partial charge >= 0.3 is 0 Å². The lowest BCUT2D eigenvalue weighted by molar-refractivity contribution is 0.00329. The summed E-state index contributed by atoms with van der Waals surface area (Å²) in [7, 11) is 0. The molecule has 0 radical (unpaired) electrons. The van der Waals surface area contributed by atoms with Gasteiger partial charge < -0.3 is 10.4 Å². The number of aliphatic hydroxyl groups excluding tert-OH is 1. The molecule has 3 rings (SSSR count). The summed E-state index contributed by atoms with van der Waals surface area (Å²) >= 11 is 0. The highest BCUT2D eigenvalue weighted by molar-refractivity contribution is 5.92. The number of allylic oxidation sites excluding steroid dienone is 1. The molecule has 0 spiro atoms. The van der Waals surface area contributed by atoms with Gasteiger partial charge in [-0.1, -0.05) is 56.3 Å². The van der Waals surface area contributed by atoms with Crippen LogP contribution in [0.15, 0.2) is 42.5 Å². The average molecular weight is 354 g/mol. The minimum atomic E-state index is -0.532. The molecule has 0 fully saturated rings. The predicted octanol–water partition coefficient (Wildman–Crippen LogP) is 3.64. The molecule has 2 aromatic carbocycles. The Morgan fingerprint density at radius 1 is 1.12 bits per heavy atom. The van der Waals surface area contributed by atoms with Gasteiger partial charge in [0.05, 0.1) is 11.8 Å². The van der Waals surface area contributed by atoms with E-state index in [1.165, 1.54) is 21.9 Å². The van der Waals surface area contributed by atoms with E-state index in [4.69, 9.17) is 4.84 Å². The molecule has 1 aliphatic carbocycles. The predicted molar refractivity (Wildman–Crippen MR) is 108 cm³/mol. The van der Waals surface area contributed by atoms with Crippen molar-refractivity contribution in [2.45, 2.75) is 45.8 Å². The van der Waals surface area contributed by atoms with Gasteiger partial charge in [0.15, 0.2) is 0 Å². The second kappa shape index (κ2) is 8.67. The van der Waals surface area contributed by atoms with Crippen molar-refractivity contribution in [1.29, 1.82) is 0 Å². The number of hydrogen-bond donors (Lipinski definition) is 3. The van der Waals surface area contributed by atoms with E-state index in [1.807, 2.05) is 0 Å². The molecule has 0 saturated carbocycles. The fourth-order valence-corrected chi connectivity index (χ4v) is 3.62. The maximum Gasteiger partial charge on any atom is 0.102 e. The minimum absolute atomic E-state index is 0.252. The van der Waals surface area contributed by atoms with Crippen LogP contribution in [-0.4, -0.2) is 30.4 Å². The molecule has 1 aliphatic rings. The zero-order valence-electron chi connectivity index (χ0n) is 16.0. The molecule has 4 heteroatoms. The zero-order chi connectivity index (χ0) is 18.5. The van der Waals surface area contributed by atoms with Crippen LogP contribution in [-0.2, 0) is 11.3 Å². The molecule has 0 bridgehead atoms. The van der Waals surface area contributed by atoms with E-state index in [2.05, 4.69) is 74.0 Å². The van der Waals surface area contributed by atoms with Crippen LogP contribution in [0.25, 0.3) is 16.5 Å². The highest BCUT2D eigenvalue weighted by Gasteiger charge is 2.17. The van der Waals surface area contributed by atoms with Crippen molar-refractivity contribution < 1.29 is 9.94 Å². The smallest absolute Gasteiger partial charge is 0.102 e. The fourth-order valence-electron chi connectivity index (χ4n) is 3.62. The molecule has 26 heavy (non-hydrogen) atoms. The van der Waals surface area contributed by atoms with Crippen LogP contribution in [0, 0.1) is 5.92 Å². The first-order chi connectivity index (χ1) is 12.5. The first-order valence-corrected chi connectivity index (χ1v) is 9.55. The monoisotopic (exact) mass is 354 g/mol. The minimum Gasteiger partial charge on any atom is -0.389 e. The highest BCUT2D eigenvalue weighted by atomic mass is 16.6. The van der Waals surface area contributed by atoms with Gasteiger partial charge in [-0.3, -0.25) is 10.3 Å². The van der Waals surface area contributed by atoms with Gasteiger partial charge in [-0.05, 0) is 42.0 Å². The molecular weight excluding hydrogens is 324 g/mol. The SMILES string of the molecule is CC(C)CC(C)NCC(O)CONC1=CCc2c1ccc1ccccc21. The lowest BCUT2D eigenvalue weighted by Crippen LogP contribution is -2.37. The third-order valence-corrected chi connectivity index (χ3v) is 4.83. The normalized spacial score (nSPS) is 15.8. The largest absolute Gasteiger partial charge is 0.389 e. The summed E-state index contributed by atoms with van der Waals surface area (Å²) < 4.78 is 0. The first kappa shape index (κ1) is 18.9. The van der Waals surface area contributed by atoms with E-state index in [9.17, 15) is 5.11 Å². The van der Waals surface area contributed by atoms with Crippen molar-refractivity contribution in [3.05, 3.63) is 53.6 Å². The summed E-state index contributed by atoms with van der Waals surface area (Å²) in [6.45, 7) is 7.35. The van der Waals surface area contributed by atoms with E-state index < -0.39 is 6.10 Å². The molecule has 140 valence electrons. The number of hydroxylamine groups is 1. The Kier molecular flexibility index (Phi) is 6.30. The van der Waals surface area contributed by atoms with Crippen LogP contribution in [0.4, 0.5) is 0 Å².